The second-order valence-corrected chi connectivity index (χ2v) is 4.74. The third-order valence-corrected chi connectivity index (χ3v) is 2.78. The molecule has 0 amide bonds. The Morgan fingerprint density at radius 1 is 1.37 bits per heavy atom. The summed E-state index contributed by atoms with van der Waals surface area (Å²) in [6.07, 6.45) is 1.88. The van der Waals surface area contributed by atoms with Crippen molar-refractivity contribution in [2.75, 3.05) is 0 Å². The predicted octanol–water partition coefficient (Wildman–Crippen LogP) is 2.35. The molecule has 0 aliphatic rings. The van der Waals surface area contributed by atoms with Crippen LogP contribution in [-0.4, -0.2) is 20.5 Å². The Balaban J connectivity index is 2.03. The maximum absolute atomic E-state index is 13.0. The van der Waals surface area contributed by atoms with Gasteiger partial charge in [0, 0.05) is 12.5 Å². The zero-order valence-corrected chi connectivity index (χ0v) is 11.0. The molecule has 0 saturated heterocycles. The molecule has 19 heavy (non-hydrogen) atoms. The average molecular weight is 261 g/mol. The number of Topliss-reactive ketones (excluding diaryl/α,β-unsaturated/α-hetero) is 1. The molecule has 4 nitrogen and oxygen atoms in total. The number of rotatable bonds is 5. The molecule has 0 spiro atoms. The summed E-state index contributed by atoms with van der Waals surface area (Å²) in [6.45, 7) is 3.96. The minimum absolute atomic E-state index is 0.000463. The minimum atomic E-state index is -0.323. The summed E-state index contributed by atoms with van der Waals surface area (Å²) in [7, 11) is 0. The van der Waals surface area contributed by atoms with Crippen LogP contribution in [-0.2, 0) is 17.6 Å². The molecule has 2 rings (SSSR count). The second-order valence-electron chi connectivity index (χ2n) is 4.74. The first-order valence-corrected chi connectivity index (χ1v) is 6.21. The van der Waals surface area contributed by atoms with Gasteiger partial charge in [-0.1, -0.05) is 12.1 Å². The first kappa shape index (κ1) is 13.4. The fourth-order valence-corrected chi connectivity index (χ4v) is 1.95. The van der Waals surface area contributed by atoms with Gasteiger partial charge < -0.3 is 0 Å². The van der Waals surface area contributed by atoms with Gasteiger partial charge in [-0.15, -0.1) is 0 Å². The smallest absolute Gasteiger partial charge is 0.144 e. The average Bonchev–Trinajstić information content (AvgIpc) is 2.76. The first-order valence-electron chi connectivity index (χ1n) is 6.21. The van der Waals surface area contributed by atoms with Gasteiger partial charge in [-0.25, -0.2) is 14.1 Å². The summed E-state index contributed by atoms with van der Waals surface area (Å²) in [6, 6.07) is 6.26. The lowest BCUT2D eigenvalue weighted by Gasteiger charge is -2.08. The monoisotopic (exact) mass is 261 g/mol. The molecule has 0 N–H and O–H groups in total. The molecular formula is C14H16FN3O. The molecule has 100 valence electrons. The molecule has 0 bridgehead atoms. The van der Waals surface area contributed by atoms with Crippen molar-refractivity contribution in [1.82, 2.24) is 14.8 Å². The van der Waals surface area contributed by atoms with Gasteiger partial charge in [0.05, 0.1) is 6.42 Å². The lowest BCUT2D eigenvalue weighted by atomic mass is 10.1. The van der Waals surface area contributed by atoms with Gasteiger partial charge in [-0.2, -0.15) is 5.10 Å². The molecule has 0 radical (unpaired) electrons. The van der Waals surface area contributed by atoms with E-state index in [0.29, 0.717) is 11.4 Å². The Bertz CT molecular complexity index is 578. The van der Waals surface area contributed by atoms with Crippen LogP contribution >= 0.6 is 0 Å². The molecule has 0 fully saturated rings. The topological polar surface area (TPSA) is 47.8 Å². The third-order valence-electron chi connectivity index (χ3n) is 2.78. The fourth-order valence-electron chi connectivity index (χ4n) is 1.95. The van der Waals surface area contributed by atoms with Crippen molar-refractivity contribution in [1.29, 1.82) is 0 Å². The zero-order chi connectivity index (χ0) is 13.8. The van der Waals surface area contributed by atoms with E-state index in [0.717, 1.165) is 0 Å². The number of benzene rings is 1. The van der Waals surface area contributed by atoms with Crippen LogP contribution in [0.2, 0.25) is 0 Å². The highest BCUT2D eigenvalue weighted by Crippen LogP contribution is 2.09. The standard InChI is InChI=1S/C14H16FN3O/c1-10(2)18-14(16-9-17-18)8-13(19)7-11-4-3-5-12(15)6-11/h3-6,9-10H,7-8H2,1-2H3. The number of nitrogens with zero attached hydrogens (tertiary/aromatic N) is 3. The Hall–Kier alpha value is -2.04. The number of hydrogen-bond donors (Lipinski definition) is 0. The summed E-state index contributed by atoms with van der Waals surface area (Å²) < 4.78 is 14.8. The van der Waals surface area contributed by atoms with Crippen molar-refractivity contribution in [3.8, 4) is 0 Å². The van der Waals surface area contributed by atoms with Gasteiger partial charge in [0.15, 0.2) is 0 Å². The molecule has 1 aromatic carbocycles. The highest BCUT2D eigenvalue weighted by atomic mass is 19.1. The Labute approximate surface area is 111 Å². The molecule has 0 unspecified atom stereocenters. The molecule has 0 atom stereocenters. The van der Waals surface area contributed by atoms with Crippen LogP contribution < -0.4 is 0 Å². The van der Waals surface area contributed by atoms with E-state index >= 15 is 0 Å². The fraction of sp³-hybridized carbons (Fsp3) is 0.357. The van der Waals surface area contributed by atoms with E-state index < -0.39 is 0 Å². The molecule has 0 saturated carbocycles. The Kier molecular flexibility index (Phi) is 4.04. The quantitative estimate of drug-likeness (QED) is 0.830. The highest BCUT2D eigenvalue weighted by molar-refractivity contribution is 5.82. The molecule has 1 heterocycles. The lowest BCUT2D eigenvalue weighted by Crippen LogP contribution is -2.14. The van der Waals surface area contributed by atoms with Crippen LogP contribution in [0.3, 0.4) is 0 Å². The first-order chi connectivity index (χ1) is 9.06. The SMILES string of the molecule is CC(C)n1ncnc1CC(=O)Cc1cccc(F)c1. The Morgan fingerprint density at radius 3 is 2.84 bits per heavy atom. The number of halogens is 1. The van der Waals surface area contributed by atoms with Crippen molar-refractivity contribution in [3.05, 3.63) is 47.8 Å². The highest BCUT2D eigenvalue weighted by Gasteiger charge is 2.12. The zero-order valence-electron chi connectivity index (χ0n) is 11.0. The van der Waals surface area contributed by atoms with Crippen LogP contribution in [0.15, 0.2) is 30.6 Å². The van der Waals surface area contributed by atoms with Crippen molar-refractivity contribution < 1.29 is 9.18 Å². The summed E-state index contributed by atoms with van der Waals surface area (Å²) >= 11 is 0. The largest absolute Gasteiger partial charge is 0.299 e. The van der Waals surface area contributed by atoms with Crippen molar-refractivity contribution in [2.24, 2.45) is 0 Å². The number of ketones is 1. The van der Waals surface area contributed by atoms with Gasteiger partial charge in [0.2, 0.25) is 0 Å². The van der Waals surface area contributed by atoms with E-state index in [-0.39, 0.29) is 30.5 Å². The molecule has 5 heteroatoms. The number of carbonyl (C=O) groups excluding carboxylic acids is 1. The normalized spacial score (nSPS) is 10.9. The third kappa shape index (κ3) is 3.47. The molecule has 1 aromatic heterocycles. The molecule has 2 aromatic rings. The van der Waals surface area contributed by atoms with Crippen molar-refractivity contribution in [3.63, 3.8) is 0 Å². The van der Waals surface area contributed by atoms with Gasteiger partial charge in [0.1, 0.15) is 23.8 Å². The lowest BCUT2D eigenvalue weighted by molar-refractivity contribution is -0.117. The number of hydrogen-bond acceptors (Lipinski definition) is 3. The minimum Gasteiger partial charge on any atom is -0.299 e. The maximum Gasteiger partial charge on any atom is 0.144 e. The van der Waals surface area contributed by atoms with Crippen LogP contribution in [0.5, 0.6) is 0 Å². The van der Waals surface area contributed by atoms with E-state index in [1.165, 1.54) is 18.5 Å². The Morgan fingerprint density at radius 2 is 2.16 bits per heavy atom. The second kappa shape index (κ2) is 5.73. The van der Waals surface area contributed by atoms with Crippen molar-refractivity contribution >= 4 is 5.78 Å². The van der Waals surface area contributed by atoms with E-state index in [1.54, 1.807) is 16.8 Å². The van der Waals surface area contributed by atoms with Gasteiger partial charge in [-0.05, 0) is 31.5 Å². The van der Waals surface area contributed by atoms with Gasteiger partial charge in [0.25, 0.3) is 0 Å². The molecule has 0 aliphatic heterocycles. The van der Waals surface area contributed by atoms with Crippen LogP contribution in [0.25, 0.3) is 0 Å². The van der Waals surface area contributed by atoms with Crippen LogP contribution in [0.4, 0.5) is 4.39 Å². The maximum atomic E-state index is 13.0. The molecule has 0 aliphatic carbocycles. The number of aromatic nitrogens is 3. The van der Waals surface area contributed by atoms with E-state index in [9.17, 15) is 9.18 Å². The van der Waals surface area contributed by atoms with Gasteiger partial charge in [-0.3, -0.25) is 4.79 Å². The van der Waals surface area contributed by atoms with Crippen LogP contribution in [0, 0.1) is 5.82 Å². The summed E-state index contributed by atoms with van der Waals surface area (Å²) in [4.78, 5) is 16.1. The summed E-state index contributed by atoms with van der Waals surface area (Å²) in [5.41, 5.74) is 0.681. The van der Waals surface area contributed by atoms with Crippen molar-refractivity contribution in [2.45, 2.75) is 32.7 Å². The summed E-state index contributed by atoms with van der Waals surface area (Å²) in [5.74, 6) is 0.326. The molecular weight excluding hydrogens is 245 g/mol. The van der Waals surface area contributed by atoms with E-state index in [1.807, 2.05) is 13.8 Å². The van der Waals surface area contributed by atoms with E-state index in [2.05, 4.69) is 10.1 Å². The predicted molar refractivity (Wildman–Crippen MR) is 69.2 cm³/mol. The van der Waals surface area contributed by atoms with E-state index in [4.69, 9.17) is 0 Å². The van der Waals surface area contributed by atoms with Crippen LogP contribution in [0.1, 0.15) is 31.3 Å². The summed E-state index contributed by atoms with van der Waals surface area (Å²) in [5, 5.41) is 4.08. The number of carbonyl (C=O) groups is 1. The van der Waals surface area contributed by atoms with Gasteiger partial charge >= 0.3 is 0 Å².